The SMILES string of the molecule is COCC(C)OCC(O)Cn1cc(S(C)(=O)=O)cn1. The van der Waals surface area contributed by atoms with Crippen LogP contribution in [0.4, 0.5) is 0 Å². The first-order valence-electron chi connectivity index (χ1n) is 5.84. The first kappa shape index (κ1) is 16.1. The van der Waals surface area contributed by atoms with Crippen molar-refractivity contribution >= 4 is 9.84 Å². The average Bonchev–Trinajstić information content (AvgIpc) is 2.75. The number of aliphatic hydroxyl groups excluding tert-OH is 1. The molecule has 0 aliphatic rings. The van der Waals surface area contributed by atoms with E-state index in [0.717, 1.165) is 6.26 Å². The minimum atomic E-state index is -3.26. The largest absolute Gasteiger partial charge is 0.389 e. The number of aliphatic hydroxyl groups is 1. The minimum Gasteiger partial charge on any atom is -0.389 e. The molecule has 1 heterocycles. The Morgan fingerprint density at radius 2 is 2.16 bits per heavy atom. The number of nitrogens with zero attached hydrogens (tertiary/aromatic N) is 2. The third-order valence-electron chi connectivity index (χ3n) is 2.41. The van der Waals surface area contributed by atoms with Crippen LogP contribution >= 0.6 is 0 Å². The molecule has 0 saturated heterocycles. The van der Waals surface area contributed by atoms with Crippen LogP contribution in [0.15, 0.2) is 17.3 Å². The van der Waals surface area contributed by atoms with E-state index >= 15 is 0 Å². The Morgan fingerprint density at radius 3 is 2.68 bits per heavy atom. The normalized spacial score (nSPS) is 15.4. The molecule has 2 unspecified atom stereocenters. The Labute approximate surface area is 113 Å². The maximum absolute atomic E-state index is 11.3. The molecule has 2 atom stereocenters. The average molecular weight is 292 g/mol. The Morgan fingerprint density at radius 1 is 1.47 bits per heavy atom. The summed E-state index contributed by atoms with van der Waals surface area (Å²) in [4.78, 5) is 0.133. The number of aromatic nitrogens is 2. The molecule has 1 aromatic rings. The summed E-state index contributed by atoms with van der Waals surface area (Å²) in [6.45, 7) is 2.60. The lowest BCUT2D eigenvalue weighted by Gasteiger charge is -2.15. The summed E-state index contributed by atoms with van der Waals surface area (Å²) in [6.07, 6.45) is 2.89. The van der Waals surface area contributed by atoms with Crippen LogP contribution < -0.4 is 0 Å². The molecule has 0 fully saturated rings. The summed E-state index contributed by atoms with van der Waals surface area (Å²) < 4.78 is 34.2. The van der Waals surface area contributed by atoms with Crippen LogP contribution in [-0.2, 0) is 25.9 Å². The van der Waals surface area contributed by atoms with Gasteiger partial charge >= 0.3 is 0 Å². The molecule has 0 radical (unpaired) electrons. The van der Waals surface area contributed by atoms with Gasteiger partial charge in [-0.05, 0) is 6.92 Å². The summed E-state index contributed by atoms with van der Waals surface area (Å²) >= 11 is 0. The van der Waals surface area contributed by atoms with E-state index < -0.39 is 15.9 Å². The van der Waals surface area contributed by atoms with Crippen LogP contribution in [0.25, 0.3) is 0 Å². The number of methoxy groups -OCH3 is 1. The van der Waals surface area contributed by atoms with Crippen LogP contribution in [0.5, 0.6) is 0 Å². The molecule has 0 aliphatic carbocycles. The van der Waals surface area contributed by atoms with E-state index in [9.17, 15) is 13.5 Å². The predicted octanol–water partition coefficient (Wildman–Crippen LogP) is -0.301. The van der Waals surface area contributed by atoms with E-state index in [1.807, 2.05) is 6.92 Å². The first-order valence-corrected chi connectivity index (χ1v) is 7.73. The highest BCUT2D eigenvalue weighted by Gasteiger charge is 2.13. The van der Waals surface area contributed by atoms with Crippen molar-refractivity contribution in [2.75, 3.05) is 26.6 Å². The lowest BCUT2D eigenvalue weighted by Crippen LogP contribution is -2.26. The molecule has 0 spiro atoms. The minimum absolute atomic E-state index is 0.108. The first-order chi connectivity index (χ1) is 8.82. The summed E-state index contributed by atoms with van der Waals surface area (Å²) in [7, 11) is -1.69. The van der Waals surface area contributed by atoms with Gasteiger partial charge < -0.3 is 14.6 Å². The summed E-state index contributed by atoms with van der Waals surface area (Å²) in [5.41, 5.74) is 0. The quantitative estimate of drug-likeness (QED) is 0.707. The topological polar surface area (TPSA) is 90.6 Å². The van der Waals surface area contributed by atoms with E-state index in [1.165, 1.54) is 17.1 Å². The van der Waals surface area contributed by atoms with Crippen molar-refractivity contribution < 1.29 is 23.0 Å². The van der Waals surface area contributed by atoms with E-state index in [1.54, 1.807) is 7.11 Å². The van der Waals surface area contributed by atoms with Crippen molar-refractivity contribution in [3.05, 3.63) is 12.4 Å². The highest BCUT2D eigenvalue weighted by atomic mass is 32.2. The van der Waals surface area contributed by atoms with Crippen LogP contribution in [-0.4, -0.2) is 62.1 Å². The number of hydrogen-bond acceptors (Lipinski definition) is 6. The van der Waals surface area contributed by atoms with Crippen LogP contribution in [0.3, 0.4) is 0 Å². The molecule has 8 heteroatoms. The highest BCUT2D eigenvalue weighted by Crippen LogP contribution is 2.07. The zero-order valence-electron chi connectivity index (χ0n) is 11.3. The van der Waals surface area contributed by atoms with Gasteiger partial charge in [0.2, 0.25) is 0 Å². The molecule has 110 valence electrons. The Bertz CT molecular complexity index is 485. The Kier molecular flexibility index (Phi) is 5.92. The molecule has 1 N–H and O–H groups in total. The fraction of sp³-hybridized carbons (Fsp3) is 0.727. The van der Waals surface area contributed by atoms with E-state index in [-0.39, 0.29) is 24.2 Å². The van der Waals surface area contributed by atoms with Crippen LogP contribution in [0.1, 0.15) is 6.92 Å². The molecular weight excluding hydrogens is 272 g/mol. The monoisotopic (exact) mass is 292 g/mol. The van der Waals surface area contributed by atoms with Gasteiger partial charge in [-0.2, -0.15) is 5.10 Å². The number of rotatable bonds is 8. The maximum atomic E-state index is 11.3. The third kappa shape index (κ3) is 5.68. The van der Waals surface area contributed by atoms with Gasteiger partial charge in [-0.25, -0.2) is 8.42 Å². The number of ether oxygens (including phenoxy) is 2. The Balaban J connectivity index is 2.44. The van der Waals surface area contributed by atoms with E-state index in [2.05, 4.69) is 5.10 Å². The molecule has 0 aromatic carbocycles. The van der Waals surface area contributed by atoms with Gasteiger partial charge in [0, 0.05) is 19.6 Å². The smallest absolute Gasteiger partial charge is 0.178 e. The van der Waals surface area contributed by atoms with Gasteiger partial charge in [-0.1, -0.05) is 0 Å². The molecule has 0 aliphatic heterocycles. The standard InChI is InChI=1S/C11H20N2O5S/c1-9(7-17-2)18-8-10(14)5-13-6-11(4-12-13)19(3,15)16/h4,6,9-10,14H,5,7-8H2,1-3H3. The fourth-order valence-corrected chi connectivity index (χ4v) is 2.01. The second kappa shape index (κ2) is 6.99. The lowest BCUT2D eigenvalue weighted by atomic mass is 10.3. The predicted molar refractivity (Wildman–Crippen MR) is 68.6 cm³/mol. The molecule has 0 amide bonds. The van der Waals surface area contributed by atoms with Crippen molar-refractivity contribution in [1.82, 2.24) is 9.78 Å². The highest BCUT2D eigenvalue weighted by molar-refractivity contribution is 7.90. The van der Waals surface area contributed by atoms with Crippen molar-refractivity contribution in [1.29, 1.82) is 0 Å². The third-order valence-corrected chi connectivity index (χ3v) is 3.48. The number of sulfone groups is 1. The van der Waals surface area contributed by atoms with Crippen molar-refractivity contribution in [3.63, 3.8) is 0 Å². The second-order valence-corrected chi connectivity index (χ2v) is 6.44. The summed E-state index contributed by atoms with van der Waals surface area (Å²) in [5, 5.41) is 13.6. The lowest BCUT2D eigenvalue weighted by molar-refractivity contribution is -0.0364. The number of hydrogen-bond donors (Lipinski definition) is 1. The molecule has 0 saturated carbocycles. The second-order valence-electron chi connectivity index (χ2n) is 4.42. The van der Waals surface area contributed by atoms with Gasteiger partial charge in [-0.3, -0.25) is 4.68 Å². The molecule has 19 heavy (non-hydrogen) atoms. The molecule has 1 rings (SSSR count). The van der Waals surface area contributed by atoms with Gasteiger partial charge in [0.05, 0.1) is 38.2 Å². The summed E-state index contributed by atoms with van der Waals surface area (Å²) in [6, 6.07) is 0. The van der Waals surface area contributed by atoms with Crippen molar-refractivity contribution in [3.8, 4) is 0 Å². The van der Waals surface area contributed by atoms with Gasteiger partial charge in [0.15, 0.2) is 9.84 Å². The molecular formula is C11H20N2O5S. The van der Waals surface area contributed by atoms with Crippen LogP contribution in [0, 0.1) is 0 Å². The van der Waals surface area contributed by atoms with Gasteiger partial charge in [-0.15, -0.1) is 0 Å². The van der Waals surface area contributed by atoms with Crippen molar-refractivity contribution in [2.45, 2.75) is 30.6 Å². The zero-order valence-corrected chi connectivity index (χ0v) is 12.1. The van der Waals surface area contributed by atoms with Gasteiger partial charge in [0.25, 0.3) is 0 Å². The van der Waals surface area contributed by atoms with E-state index in [0.29, 0.717) is 6.61 Å². The van der Waals surface area contributed by atoms with Crippen molar-refractivity contribution in [2.24, 2.45) is 0 Å². The van der Waals surface area contributed by atoms with Gasteiger partial charge in [0.1, 0.15) is 4.90 Å². The molecule has 1 aromatic heterocycles. The maximum Gasteiger partial charge on any atom is 0.178 e. The molecule has 7 nitrogen and oxygen atoms in total. The van der Waals surface area contributed by atoms with E-state index in [4.69, 9.17) is 9.47 Å². The fourth-order valence-electron chi connectivity index (χ4n) is 1.46. The van der Waals surface area contributed by atoms with Crippen LogP contribution in [0.2, 0.25) is 0 Å². The Hall–Kier alpha value is -0.960. The molecule has 0 bridgehead atoms. The zero-order chi connectivity index (χ0) is 14.5. The summed E-state index contributed by atoms with van der Waals surface area (Å²) in [5.74, 6) is 0.